The number of amides is 1. The van der Waals surface area contributed by atoms with Gasteiger partial charge in [-0.05, 0) is 26.0 Å². The summed E-state index contributed by atoms with van der Waals surface area (Å²) in [6.45, 7) is 5.90. The van der Waals surface area contributed by atoms with Gasteiger partial charge in [0.05, 0.1) is 11.7 Å². The standard InChI is InChI=1S/C14H23N5O2/c1-14(2)9-19(8-10(7-15)21-14)12-6-5-11(16-17-12)13(20)18(3)4/h5-6,10H,7-9,15H2,1-4H3. The molecule has 0 aliphatic carbocycles. The minimum Gasteiger partial charge on any atom is -0.367 e. The molecule has 0 bridgehead atoms. The zero-order valence-electron chi connectivity index (χ0n) is 13.0. The van der Waals surface area contributed by atoms with Gasteiger partial charge < -0.3 is 20.3 Å². The average molecular weight is 293 g/mol. The van der Waals surface area contributed by atoms with Crippen molar-refractivity contribution in [3.63, 3.8) is 0 Å². The summed E-state index contributed by atoms with van der Waals surface area (Å²) in [6.07, 6.45) is -0.0290. The van der Waals surface area contributed by atoms with Crippen molar-refractivity contribution in [2.45, 2.75) is 25.6 Å². The van der Waals surface area contributed by atoms with Crippen LogP contribution < -0.4 is 10.6 Å². The van der Waals surface area contributed by atoms with Gasteiger partial charge in [0.25, 0.3) is 5.91 Å². The van der Waals surface area contributed by atoms with Crippen LogP contribution in [-0.2, 0) is 4.74 Å². The summed E-state index contributed by atoms with van der Waals surface area (Å²) in [5.41, 5.74) is 5.77. The Morgan fingerprint density at radius 3 is 2.71 bits per heavy atom. The number of rotatable bonds is 3. The van der Waals surface area contributed by atoms with Crippen molar-refractivity contribution < 1.29 is 9.53 Å². The molecule has 1 fully saturated rings. The number of carbonyl (C=O) groups is 1. The van der Waals surface area contributed by atoms with Gasteiger partial charge in [-0.1, -0.05) is 0 Å². The number of ether oxygens (including phenoxy) is 1. The minimum absolute atomic E-state index is 0.0290. The third kappa shape index (κ3) is 3.68. The normalized spacial score (nSPS) is 21.2. The van der Waals surface area contributed by atoms with Gasteiger partial charge in [-0.15, -0.1) is 10.2 Å². The third-order valence-electron chi connectivity index (χ3n) is 3.34. The van der Waals surface area contributed by atoms with Crippen LogP contribution in [0.4, 0.5) is 5.82 Å². The van der Waals surface area contributed by atoms with E-state index in [9.17, 15) is 4.79 Å². The molecular formula is C14H23N5O2. The van der Waals surface area contributed by atoms with Gasteiger partial charge in [0.15, 0.2) is 11.5 Å². The number of aromatic nitrogens is 2. The second kappa shape index (κ2) is 5.95. The summed E-state index contributed by atoms with van der Waals surface area (Å²) in [5, 5.41) is 8.19. The van der Waals surface area contributed by atoms with Crippen LogP contribution in [0.1, 0.15) is 24.3 Å². The van der Waals surface area contributed by atoms with Gasteiger partial charge in [-0.3, -0.25) is 4.79 Å². The Kier molecular flexibility index (Phi) is 4.43. The number of hydrogen-bond acceptors (Lipinski definition) is 6. The van der Waals surface area contributed by atoms with Gasteiger partial charge in [0.1, 0.15) is 0 Å². The molecule has 1 amide bonds. The van der Waals surface area contributed by atoms with Gasteiger partial charge in [0, 0.05) is 33.7 Å². The maximum Gasteiger partial charge on any atom is 0.273 e. The summed E-state index contributed by atoms with van der Waals surface area (Å²) in [5.74, 6) is 0.580. The van der Waals surface area contributed by atoms with Crippen molar-refractivity contribution in [2.75, 3.05) is 38.6 Å². The van der Waals surface area contributed by atoms with E-state index < -0.39 is 0 Å². The third-order valence-corrected chi connectivity index (χ3v) is 3.34. The zero-order valence-corrected chi connectivity index (χ0v) is 13.0. The molecule has 1 aromatic rings. The van der Waals surface area contributed by atoms with Crippen LogP contribution in [0.2, 0.25) is 0 Å². The lowest BCUT2D eigenvalue weighted by Crippen LogP contribution is -2.55. The smallest absolute Gasteiger partial charge is 0.273 e. The van der Waals surface area contributed by atoms with Crippen LogP contribution in [0, 0.1) is 0 Å². The number of hydrogen-bond donors (Lipinski definition) is 1. The lowest BCUT2D eigenvalue weighted by atomic mass is 10.1. The molecule has 1 aliphatic heterocycles. The molecule has 0 spiro atoms. The first kappa shape index (κ1) is 15.7. The first-order valence-corrected chi connectivity index (χ1v) is 7.00. The molecule has 1 unspecified atom stereocenters. The van der Waals surface area contributed by atoms with Gasteiger partial charge in [0.2, 0.25) is 0 Å². The van der Waals surface area contributed by atoms with E-state index in [0.717, 1.165) is 5.82 Å². The number of anilines is 1. The lowest BCUT2D eigenvalue weighted by molar-refractivity contribution is -0.0790. The summed E-state index contributed by atoms with van der Waals surface area (Å²) < 4.78 is 5.89. The van der Waals surface area contributed by atoms with E-state index >= 15 is 0 Å². The Bertz CT molecular complexity index is 501. The molecule has 2 heterocycles. The quantitative estimate of drug-likeness (QED) is 0.852. The molecule has 21 heavy (non-hydrogen) atoms. The molecule has 2 rings (SSSR count). The largest absolute Gasteiger partial charge is 0.367 e. The molecule has 1 aromatic heterocycles. The molecule has 0 aromatic carbocycles. The Labute approximate surface area is 125 Å². The fraction of sp³-hybridized carbons (Fsp3) is 0.643. The fourth-order valence-corrected chi connectivity index (χ4v) is 2.43. The molecule has 1 saturated heterocycles. The van der Waals surface area contributed by atoms with Crippen LogP contribution in [0.25, 0.3) is 0 Å². The van der Waals surface area contributed by atoms with Crippen LogP contribution >= 0.6 is 0 Å². The van der Waals surface area contributed by atoms with Crippen molar-refractivity contribution >= 4 is 11.7 Å². The zero-order chi connectivity index (χ0) is 15.6. The molecule has 7 nitrogen and oxygen atoms in total. The summed E-state index contributed by atoms with van der Waals surface area (Å²) in [4.78, 5) is 15.4. The molecule has 2 N–H and O–H groups in total. The number of morpholine rings is 1. The Hall–Kier alpha value is -1.73. The van der Waals surface area contributed by atoms with Gasteiger partial charge in [-0.25, -0.2) is 0 Å². The summed E-state index contributed by atoms with van der Waals surface area (Å²) in [7, 11) is 3.38. The molecule has 0 radical (unpaired) electrons. The molecular weight excluding hydrogens is 270 g/mol. The minimum atomic E-state index is -0.290. The van der Waals surface area contributed by atoms with E-state index in [0.29, 0.717) is 25.3 Å². The van der Waals surface area contributed by atoms with E-state index in [-0.39, 0.29) is 17.6 Å². The van der Waals surface area contributed by atoms with E-state index in [1.165, 1.54) is 4.90 Å². The SMILES string of the molecule is CN(C)C(=O)c1ccc(N2CC(CN)OC(C)(C)C2)nn1. The molecule has 116 valence electrons. The van der Waals surface area contributed by atoms with E-state index in [2.05, 4.69) is 15.1 Å². The summed E-state index contributed by atoms with van der Waals surface area (Å²) in [6, 6.07) is 3.52. The lowest BCUT2D eigenvalue weighted by Gasteiger charge is -2.42. The average Bonchev–Trinajstić information content (AvgIpc) is 2.44. The topological polar surface area (TPSA) is 84.6 Å². The first-order valence-electron chi connectivity index (χ1n) is 7.00. The Morgan fingerprint density at radius 2 is 2.19 bits per heavy atom. The molecule has 0 saturated carbocycles. The predicted octanol–water partition coefficient (Wildman–Crippen LogP) is 0.121. The second-order valence-electron chi connectivity index (χ2n) is 6.09. The van der Waals surface area contributed by atoms with Crippen LogP contribution in [0.15, 0.2) is 12.1 Å². The maximum absolute atomic E-state index is 11.8. The highest BCUT2D eigenvalue weighted by Crippen LogP contribution is 2.24. The van der Waals surface area contributed by atoms with Crippen molar-refractivity contribution in [1.29, 1.82) is 0 Å². The van der Waals surface area contributed by atoms with Gasteiger partial charge in [-0.2, -0.15) is 0 Å². The monoisotopic (exact) mass is 293 g/mol. The predicted molar refractivity (Wildman–Crippen MR) is 80.3 cm³/mol. The van der Waals surface area contributed by atoms with E-state index in [1.54, 1.807) is 20.2 Å². The van der Waals surface area contributed by atoms with Crippen molar-refractivity contribution in [1.82, 2.24) is 15.1 Å². The number of carbonyl (C=O) groups excluding carboxylic acids is 1. The van der Waals surface area contributed by atoms with E-state index in [1.807, 2.05) is 19.9 Å². The highest BCUT2D eigenvalue weighted by Gasteiger charge is 2.33. The molecule has 7 heteroatoms. The van der Waals surface area contributed by atoms with E-state index in [4.69, 9.17) is 10.5 Å². The van der Waals surface area contributed by atoms with Crippen molar-refractivity contribution in [3.8, 4) is 0 Å². The van der Waals surface area contributed by atoms with Crippen LogP contribution in [0.5, 0.6) is 0 Å². The Balaban J connectivity index is 2.16. The second-order valence-corrected chi connectivity index (χ2v) is 6.09. The van der Waals surface area contributed by atoms with Crippen molar-refractivity contribution in [2.24, 2.45) is 5.73 Å². The molecule has 1 aliphatic rings. The van der Waals surface area contributed by atoms with Crippen LogP contribution in [0.3, 0.4) is 0 Å². The van der Waals surface area contributed by atoms with Crippen LogP contribution in [-0.4, -0.2) is 66.4 Å². The first-order chi connectivity index (χ1) is 9.82. The van der Waals surface area contributed by atoms with Crippen molar-refractivity contribution in [3.05, 3.63) is 17.8 Å². The number of nitrogens with zero attached hydrogens (tertiary/aromatic N) is 4. The fourth-order valence-electron chi connectivity index (χ4n) is 2.43. The molecule has 1 atom stereocenters. The highest BCUT2D eigenvalue weighted by molar-refractivity contribution is 5.91. The number of nitrogens with two attached hydrogens (primary N) is 1. The highest BCUT2D eigenvalue weighted by atomic mass is 16.5. The maximum atomic E-state index is 11.8. The summed E-state index contributed by atoms with van der Waals surface area (Å²) >= 11 is 0. The Morgan fingerprint density at radius 1 is 1.48 bits per heavy atom. The van der Waals surface area contributed by atoms with Gasteiger partial charge >= 0.3 is 0 Å².